The van der Waals surface area contributed by atoms with Crippen LogP contribution in [0.25, 0.3) is 0 Å². The lowest BCUT2D eigenvalue weighted by molar-refractivity contribution is 0.0943. The zero-order chi connectivity index (χ0) is 14.5. The van der Waals surface area contributed by atoms with Crippen molar-refractivity contribution in [3.63, 3.8) is 0 Å². The molecule has 0 radical (unpaired) electrons. The van der Waals surface area contributed by atoms with Gasteiger partial charge in [-0.1, -0.05) is 6.92 Å². The van der Waals surface area contributed by atoms with Gasteiger partial charge < -0.3 is 10.2 Å². The van der Waals surface area contributed by atoms with Crippen LogP contribution in [0.15, 0.2) is 22.7 Å². The topological polar surface area (TPSA) is 32.3 Å². The summed E-state index contributed by atoms with van der Waals surface area (Å²) in [6, 6.07) is 4.10. The maximum atomic E-state index is 13.0. The van der Waals surface area contributed by atoms with E-state index in [-0.39, 0.29) is 11.7 Å². The fourth-order valence-electron chi connectivity index (χ4n) is 2.38. The van der Waals surface area contributed by atoms with Crippen LogP contribution in [-0.2, 0) is 0 Å². The number of nitrogens with zero attached hydrogens (tertiary/aromatic N) is 1. The van der Waals surface area contributed by atoms with E-state index in [0.29, 0.717) is 16.6 Å². The van der Waals surface area contributed by atoms with Crippen molar-refractivity contribution in [1.29, 1.82) is 0 Å². The molecule has 1 aromatic carbocycles. The highest BCUT2D eigenvalue weighted by molar-refractivity contribution is 9.10. The Morgan fingerprint density at radius 1 is 1.45 bits per heavy atom. The van der Waals surface area contributed by atoms with Gasteiger partial charge in [-0.25, -0.2) is 4.39 Å². The molecule has 0 bridgehead atoms. The molecule has 0 unspecified atom stereocenters. The van der Waals surface area contributed by atoms with Gasteiger partial charge in [-0.05, 0) is 66.0 Å². The van der Waals surface area contributed by atoms with Gasteiger partial charge in [0, 0.05) is 17.6 Å². The van der Waals surface area contributed by atoms with Gasteiger partial charge >= 0.3 is 0 Å². The molecule has 0 aliphatic carbocycles. The molecule has 2 rings (SSSR count). The average molecular weight is 343 g/mol. The molecule has 0 aromatic heterocycles. The second kappa shape index (κ2) is 7.18. The molecule has 5 heteroatoms. The van der Waals surface area contributed by atoms with E-state index in [1.54, 1.807) is 0 Å². The lowest BCUT2D eigenvalue weighted by Crippen LogP contribution is -2.39. The Labute approximate surface area is 127 Å². The van der Waals surface area contributed by atoms with E-state index in [9.17, 15) is 9.18 Å². The van der Waals surface area contributed by atoms with Gasteiger partial charge in [0.15, 0.2) is 0 Å². The third-order valence-electron chi connectivity index (χ3n) is 3.77. The van der Waals surface area contributed by atoms with Gasteiger partial charge in [0.05, 0.1) is 5.56 Å². The van der Waals surface area contributed by atoms with Crippen molar-refractivity contribution in [2.75, 3.05) is 26.2 Å². The quantitative estimate of drug-likeness (QED) is 0.911. The molecule has 1 aromatic rings. The molecule has 1 heterocycles. The summed E-state index contributed by atoms with van der Waals surface area (Å²) in [7, 11) is 0. The summed E-state index contributed by atoms with van der Waals surface area (Å²) in [5.74, 6) is 0.300. The largest absolute Gasteiger partial charge is 0.351 e. The highest BCUT2D eigenvalue weighted by atomic mass is 79.9. The van der Waals surface area contributed by atoms with Gasteiger partial charge in [-0.15, -0.1) is 0 Å². The van der Waals surface area contributed by atoms with Crippen LogP contribution in [0.3, 0.4) is 0 Å². The standard InChI is InChI=1S/C15H20BrFN2O/c1-11-4-7-19(8-5-11)9-6-18-15(20)13-3-2-12(17)10-14(13)16/h2-3,10-11H,4-9H2,1H3,(H,18,20). The number of amides is 1. The number of likely N-dealkylation sites (tertiary alicyclic amines) is 1. The Morgan fingerprint density at radius 2 is 2.15 bits per heavy atom. The molecule has 0 atom stereocenters. The molecule has 1 amide bonds. The van der Waals surface area contributed by atoms with E-state index >= 15 is 0 Å². The Morgan fingerprint density at radius 3 is 2.80 bits per heavy atom. The number of hydrogen-bond donors (Lipinski definition) is 1. The molecule has 1 N–H and O–H groups in total. The number of piperidine rings is 1. The van der Waals surface area contributed by atoms with E-state index in [0.717, 1.165) is 25.6 Å². The second-order valence-electron chi connectivity index (χ2n) is 5.40. The van der Waals surface area contributed by atoms with Crippen LogP contribution in [0.1, 0.15) is 30.1 Å². The first-order valence-electron chi connectivity index (χ1n) is 7.02. The molecule has 0 spiro atoms. The minimum Gasteiger partial charge on any atom is -0.351 e. The first kappa shape index (κ1) is 15.4. The number of benzene rings is 1. The van der Waals surface area contributed by atoms with Crippen LogP contribution < -0.4 is 5.32 Å². The fraction of sp³-hybridized carbons (Fsp3) is 0.533. The predicted octanol–water partition coefficient (Wildman–Crippen LogP) is 3.05. The van der Waals surface area contributed by atoms with Gasteiger partial charge in [-0.2, -0.15) is 0 Å². The molecule has 3 nitrogen and oxygen atoms in total. The third kappa shape index (κ3) is 4.28. The summed E-state index contributed by atoms with van der Waals surface area (Å²) in [5.41, 5.74) is 0.471. The molecule has 110 valence electrons. The number of halogens is 2. The Balaban J connectivity index is 1.77. The predicted molar refractivity (Wildman–Crippen MR) is 81.3 cm³/mol. The molecule has 1 fully saturated rings. The fourth-order valence-corrected chi connectivity index (χ4v) is 2.91. The molecule has 1 saturated heterocycles. The lowest BCUT2D eigenvalue weighted by atomic mass is 9.99. The summed E-state index contributed by atoms with van der Waals surface area (Å²) >= 11 is 3.21. The van der Waals surface area contributed by atoms with E-state index in [1.165, 1.54) is 31.0 Å². The summed E-state index contributed by atoms with van der Waals surface area (Å²) in [5, 5.41) is 2.88. The maximum absolute atomic E-state index is 13.0. The van der Waals surface area contributed by atoms with Crippen LogP contribution in [0.5, 0.6) is 0 Å². The summed E-state index contributed by atoms with van der Waals surface area (Å²) in [4.78, 5) is 14.4. The molecule has 1 aliphatic heterocycles. The minimum absolute atomic E-state index is 0.165. The second-order valence-corrected chi connectivity index (χ2v) is 6.26. The van der Waals surface area contributed by atoms with Crippen LogP contribution in [0, 0.1) is 11.7 Å². The van der Waals surface area contributed by atoms with E-state index in [1.807, 2.05) is 0 Å². The van der Waals surface area contributed by atoms with Crippen LogP contribution in [-0.4, -0.2) is 37.0 Å². The lowest BCUT2D eigenvalue weighted by Gasteiger charge is -2.30. The van der Waals surface area contributed by atoms with Crippen molar-refractivity contribution in [2.24, 2.45) is 5.92 Å². The molecular weight excluding hydrogens is 323 g/mol. The highest BCUT2D eigenvalue weighted by Gasteiger charge is 2.16. The number of carbonyl (C=O) groups is 1. The number of rotatable bonds is 4. The third-order valence-corrected chi connectivity index (χ3v) is 4.42. The van der Waals surface area contributed by atoms with E-state index in [4.69, 9.17) is 0 Å². The Hall–Kier alpha value is -0.940. The van der Waals surface area contributed by atoms with Crippen LogP contribution in [0.2, 0.25) is 0 Å². The maximum Gasteiger partial charge on any atom is 0.252 e. The monoisotopic (exact) mass is 342 g/mol. The molecular formula is C15H20BrFN2O. The van der Waals surface area contributed by atoms with Crippen molar-refractivity contribution in [3.05, 3.63) is 34.1 Å². The van der Waals surface area contributed by atoms with Crippen molar-refractivity contribution in [1.82, 2.24) is 10.2 Å². The highest BCUT2D eigenvalue weighted by Crippen LogP contribution is 2.18. The average Bonchev–Trinajstić information content (AvgIpc) is 2.41. The van der Waals surface area contributed by atoms with E-state index in [2.05, 4.69) is 33.1 Å². The number of nitrogens with one attached hydrogen (secondary N) is 1. The van der Waals surface area contributed by atoms with Gasteiger partial charge in [0.25, 0.3) is 5.91 Å². The Kier molecular flexibility index (Phi) is 5.54. The van der Waals surface area contributed by atoms with Crippen molar-refractivity contribution in [3.8, 4) is 0 Å². The van der Waals surface area contributed by atoms with Gasteiger partial charge in [0.1, 0.15) is 5.82 Å². The van der Waals surface area contributed by atoms with E-state index < -0.39 is 0 Å². The zero-order valence-electron chi connectivity index (χ0n) is 11.7. The van der Waals surface area contributed by atoms with Crippen molar-refractivity contribution in [2.45, 2.75) is 19.8 Å². The van der Waals surface area contributed by atoms with Crippen LogP contribution >= 0.6 is 15.9 Å². The van der Waals surface area contributed by atoms with Gasteiger partial charge in [-0.3, -0.25) is 4.79 Å². The van der Waals surface area contributed by atoms with Gasteiger partial charge in [0.2, 0.25) is 0 Å². The number of carbonyl (C=O) groups excluding carboxylic acids is 1. The molecule has 1 aliphatic rings. The normalized spacial score (nSPS) is 17.1. The minimum atomic E-state index is -0.351. The summed E-state index contributed by atoms with van der Waals surface area (Å²) < 4.78 is 13.5. The van der Waals surface area contributed by atoms with Crippen molar-refractivity contribution >= 4 is 21.8 Å². The first-order chi connectivity index (χ1) is 9.56. The molecule has 20 heavy (non-hydrogen) atoms. The van der Waals surface area contributed by atoms with Crippen molar-refractivity contribution < 1.29 is 9.18 Å². The summed E-state index contributed by atoms with van der Waals surface area (Å²) in [6.07, 6.45) is 2.47. The number of hydrogen-bond acceptors (Lipinski definition) is 2. The smallest absolute Gasteiger partial charge is 0.252 e. The Bertz CT molecular complexity index is 473. The first-order valence-corrected chi connectivity index (χ1v) is 7.81. The SMILES string of the molecule is CC1CCN(CCNC(=O)c2ccc(F)cc2Br)CC1. The zero-order valence-corrected chi connectivity index (χ0v) is 13.2. The summed E-state index contributed by atoms with van der Waals surface area (Å²) in [6.45, 7) is 5.99. The molecule has 0 saturated carbocycles. The van der Waals surface area contributed by atoms with Crippen LogP contribution in [0.4, 0.5) is 4.39 Å².